The Balaban J connectivity index is 2.18. The average molecular weight is 355 g/mol. The third kappa shape index (κ3) is 4.89. The number of hydrogen-bond acceptors (Lipinski definition) is 5. The van der Waals surface area contributed by atoms with Crippen LogP contribution in [0.5, 0.6) is 0 Å². The van der Waals surface area contributed by atoms with Crippen LogP contribution in [0, 0.1) is 0 Å². The summed E-state index contributed by atoms with van der Waals surface area (Å²) in [6, 6.07) is 11.2. The van der Waals surface area contributed by atoms with Gasteiger partial charge in [0.15, 0.2) is 0 Å². The Bertz CT molecular complexity index is 805. The van der Waals surface area contributed by atoms with E-state index >= 15 is 0 Å². The second-order valence-corrected chi connectivity index (χ2v) is 5.38. The number of esters is 1. The first-order chi connectivity index (χ1) is 12.6. The van der Waals surface area contributed by atoms with E-state index in [1.54, 1.807) is 37.3 Å². The minimum Gasteiger partial charge on any atom is -0.462 e. The standard InChI is InChI=1S/C19H21N3O4/c1-3-12-20-17(23)15-10-7-11-16(21-15)18(24)22-14-9-6-5-8-13(14)19(25)26-4-2/h5-11H,3-4,12H2,1-2H3,(H,20,23)(H,22,24). The van der Waals surface area contributed by atoms with Gasteiger partial charge in [-0.1, -0.05) is 25.1 Å². The average Bonchev–Trinajstić information content (AvgIpc) is 2.66. The molecule has 1 aromatic heterocycles. The maximum atomic E-state index is 12.5. The SMILES string of the molecule is CCCNC(=O)c1cccc(C(=O)Nc2ccccc2C(=O)OCC)n1. The Morgan fingerprint density at radius 2 is 1.65 bits per heavy atom. The van der Waals surface area contributed by atoms with Crippen LogP contribution in [0.4, 0.5) is 5.69 Å². The minimum absolute atomic E-state index is 0.0767. The summed E-state index contributed by atoms with van der Waals surface area (Å²) in [5, 5.41) is 5.35. The minimum atomic E-state index is -0.524. The number of amides is 2. The van der Waals surface area contributed by atoms with Crippen molar-refractivity contribution in [2.24, 2.45) is 0 Å². The first-order valence-corrected chi connectivity index (χ1v) is 8.39. The van der Waals surface area contributed by atoms with Gasteiger partial charge in [0.2, 0.25) is 0 Å². The molecular formula is C19H21N3O4. The second kappa shape index (κ2) is 9.31. The lowest BCUT2D eigenvalue weighted by Crippen LogP contribution is -2.26. The van der Waals surface area contributed by atoms with Gasteiger partial charge in [0.25, 0.3) is 11.8 Å². The van der Waals surface area contributed by atoms with Crippen LogP contribution in [0.15, 0.2) is 42.5 Å². The molecule has 2 N–H and O–H groups in total. The van der Waals surface area contributed by atoms with E-state index in [1.165, 1.54) is 12.1 Å². The predicted octanol–water partition coefficient (Wildman–Crippen LogP) is 2.65. The molecule has 0 radical (unpaired) electrons. The fraction of sp³-hybridized carbons (Fsp3) is 0.263. The van der Waals surface area contributed by atoms with Crippen molar-refractivity contribution in [1.82, 2.24) is 10.3 Å². The molecule has 0 saturated carbocycles. The molecule has 0 aliphatic carbocycles. The molecule has 26 heavy (non-hydrogen) atoms. The van der Waals surface area contributed by atoms with Gasteiger partial charge >= 0.3 is 5.97 Å². The van der Waals surface area contributed by atoms with E-state index in [0.29, 0.717) is 12.2 Å². The van der Waals surface area contributed by atoms with Crippen LogP contribution in [0.3, 0.4) is 0 Å². The van der Waals surface area contributed by atoms with Crippen molar-refractivity contribution in [3.63, 3.8) is 0 Å². The number of nitrogens with one attached hydrogen (secondary N) is 2. The highest BCUT2D eigenvalue weighted by molar-refractivity contribution is 6.07. The molecule has 0 spiro atoms. The summed E-state index contributed by atoms with van der Waals surface area (Å²) in [4.78, 5) is 40.5. The van der Waals surface area contributed by atoms with Gasteiger partial charge in [0.05, 0.1) is 17.9 Å². The maximum absolute atomic E-state index is 12.5. The van der Waals surface area contributed by atoms with Crippen molar-refractivity contribution >= 4 is 23.5 Å². The molecular weight excluding hydrogens is 334 g/mol. The summed E-state index contributed by atoms with van der Waals surface area (Å²) in [6.07, 6.45) is 0.802. The van der Waals surface area contributed by atoms with Crippen LogP contribution in [-0.2, 0) is 4.74 Å². The van der Waals surface area contributed by atoms with Crippen LogP contribution < -0.4 is 10.6 Å². The van der Waals surface area contributed by atoms with Crippen molar-refractivity contribution in [2.45, 2.75) is 20.3 Å². The third-order valence-corrected chi connectivity index (χ3v) is 3.42. The molecule has 0 bridgehead atoms. The van der Waals surface area contributed by atoms with Crippen LogP contribution in [0.1, 0.15) is 51.6 Å². The lowest BCUT2D eigenvalue weighted by Gasteiger charge is -2.10. The number of carbonyl (C=O) groups is 3. The number of nitrogens with zero attached hydrogens (tertiary/aromatic N) is 1. The molecule has 0 atom stereocenters. The van der Waals surface area contributed by atoms with Crippen LogP contribution in [0.25, 0.3) is 0 Å². The van der Waals surface area contributed by atoms with E-state index in [9.17, 15) is 14.4 Å². The van der Waals surface area contributed by atoms with Gasteiger partial charge in [0.1, 0.15) is 11.4 Å². The first-order valence-electron chi connectivity index (χ1n) is 8.39. The van der Waals surface area contributed by atoms with Crippen LogP contribution >= 0.6 is 0 Å². The van der Waals surface area contributed by atoms with E-state index in [2.05, 4.69) is 15.6 Å². The number of aromatic nitrogens is 1. The Kier molecular flexibility index (Phi) is 6.84. The van der Waals surface area contributed by atoms with Crippen molar-refractivity contribution in [2.75, 3.05) is 18.5 Å². The summed E-state index contributed by atoms with van der Waals surface area (Å²) >= 11 is 0. The van der Waals surface area contributed by atoms with Crippen molar-refractivity contribution in [3.8, 4) is 0 Å². The van der Waals surface area contributed by atoms with E-state index in [1.807, 2.05) is 6.92 Å². The second-order valence-electron chi connectivity index (χ2n) is 5.38. The number of carbonyl (C=O) groups excluding carboxylic acids is 3. The Labute approximate surface area is 151 Å². The molecule has 0 unspecified atom stereocenters. The zero-order valence-electron chi connectivity index (χ0n) is 14.7. The van der Waals surface area contributed by atoms with Gasteiger partial charge in [-0.3, -0.25) is 9.59 Å². The van der Waals surface area contributed by atoms with Crippen LogP contribution in [0.2, 0.25) is 0 Å². The number of hydrogen-bond donors (Lipinski definition) is 2. The molecule has 136 valence electrons. The van der Waals surface area contributed by atoms with Gasteiger partial charge in [-0.05, 0) is 37.6 Å². The van der Waals surface area contributed by atoms with Gasteiger partial charge in [-0.15, -0.1) is 0 Å². The Morgan fingerprint density at radius 3 is 2.35 bits per heavy atom. The van der Waals surface area contributed by atoms with Gasteiger partial charge in [0, 0.05) is 6.54 Å². The largest absolute Gasteiger partial charge is 0.462 e. The monoisotopic (exact) mass is 355 g/mol. The van der Waals surface area contributed by atoms with Crippen molar-refractivity contribution < 1.29 is 19.1 Å². The lowest BCUT2D eigenvalue weighted by atomic mass is 10.1. The number of pyridine rings is 1. The molecule has 2 aromatic rings. The molecule has 1 aromatic carbocycles. The van der Waals surface area contributed by atoms with E-state index in [0.717, 1.165) is 6.42 Å². The Morgan fingerprint density at radius 1 is 0.962 bits per heavy atom. The number of benzene rings is 1. The van der Waals surface area contributed by atoms with E-state index in [-0.39, 0.29) is 29.5 Å². The maximum Gasteiger partial charge on any atom is 0.340 e. The molecule has 7 heteroatoms. The van der Waals surface area contributed by atoms with E-state index < -0.39 is 11.9 Å². The normalized spacial score (nSPS) is 10.1. The topological polar surface area (TPSA) is 97.4 Å². The van der Waals surface area contributed by atoms with Gasteiger partial charge in [-0.2, -0.15) is 0 Å². The number of anilines is 1. The lowest BCUT2D eigenvalue weighted by molar-refractivity contribution is 0.0527. The number of rotatable bonds is 7. The molecule has 0 aliphatic rings. The van der Waals surface area contributed by atoms with Crippen LogP contribution in [-0.4, -0.2) is 35.9 Å². The quantitative estimate of drug-likeness (QED) is 0.744. The molecule has 0 fully saturated rings. The summed E-state index contributed by atoms with van der Waals surface area (Å²) in [6.45, 7) is 4.41. The van der Waals surface area contributed by atoms with Crippen molar-refractivity contribution in [1.29, 1.82) is 0 Å². The third-order valence-electron chi connectivity index (χ3n) is 3.42. The van der Waals surface area contributed by atoms with Crippen molar-refractivity contribution in [3.05, 3.63) is 59.4 Å². The zero-order valence-corrected chi connectivity index (χ0v) is 14.7. The molecule has 1 heterocycles. The molecule has 2 amide bonds. The molecule has 7 nitrogen and oxygen atoms in total. The molecule has 0 aliphatic heterocycles. The summed E-state index contributed by atoms with van der Waals surface area (Å²) in [5.41, 5.74) is 0.802. The highest BCUT2D eigenvalue weighted by atomic mass is 16.5. The van der Waals surface area contributed by atoms with Gasteiger partial charge in [-0.25, -0.2) is 9.78 Å². The fourth-order valence-electron chi connectivity index (χ4n) is 2.18. The van der Waals surface area contributed by atoms with Gasteiger partial charge < -0.3 is 15.4 Å². The zero-order chi connectivity index (χ0) is 18.9. The molecule has 2 rings (SSSR count). The fourth-order valence-corrected chi connectivity index (χ4v) is 2.18. The smallest absolute Gasteiger partial charge is 0.340 e. The number of para-hydroxylation sites is 1. The highest BCUT2D eigenvalue weighted by Gasteiger charge is 2.16. The summed E-state index contributed by atoms with van der Waals surface area (Å²) in [7, 11) is 0. The predicted molar refractivity (Wildman–Crippen MR) is 97.2 cm³/mol. The first kappa shape index (κ1) is 19.1. The highest BCUT2D eigenvalue weighted by Crippen LogP contribution is 2.17. The summed E-state index contributed by atoms with van der Waals surface area (Å²) in [5.74, 6) is -1.38. The molecule has 0 saturated heterocycles. The number of ether oxygens (including phenoxy) is 1. The summed E-state index contributed by atoms with van der Waals surface area (Å²) < 4.78 is 4.99. The van der Waals surface area contributed by atoms with E-state index in [4.69, 9.17) is 4.74 Å². The Hall–Kier alpha value is -3.22.